The molecule has 1 heterocycles. The van der Waals surface area contributed by atoms with Gasteiger partial charge in [0, 0.05) is 6.54 Å². The largest absolute Gasteiger partial charge is 0.496 e. The first-order valence-corrected chi connectivity index (χ1v) is 9.36. The van der Waals surface area contributed by atoms with E-state index in [2.05, 4.69) is 10.6 Å². The van der Waals surface area contributed by atoms with Crippen LogP contribution in [-0.4, -0.2) is 29.4 Å². The third-order valence-corrected chi connectivity index (χ3v) is 5.25. The highest BCUT2D eigenvalue weighted by Gasteiger charge is 2.31. The van der Waals surface area contributed by atoms with E-state index in [-0.39, 0.29) is 17.1 Å². The Morgan fingerprint density at radius 1 is 1.15 bits per heavy atom. The van der Waals surface area contributed by atoms with Crippen LogP contribution >= 0.6 is 11.8 Å². The molecule has 2 aromatic carbocycles. The minimum Gasteiger partial charge on any atom is -0.496 e. The van der Waals surface area contributed by atoms with Crippen molar-refractivity contribution in [2.24, 2.45) is 0 Å². The maximum atomic E-state index is 12.6. The van der Waals surface area contributed by atoms with Crippen LogP contribution in [0.3, 0.4) is 0 Å². The second-order valence-corrected chi connectivity index (χ2v) is 7.47. The van der Waals surface area contributed by atoms with Gasteiger partial charge in [-0.1, -0.05) is 47.7 Å². The number of rotatable bonds is 6. The Balaban J connectivity index is 1.72. The minimum atomic E-state index is -0.477. The Hall–Kier alpha value is -2.80. The van der Waals surface area contributed by atoms with E-state index in [1.165, 1.54) is 7.11 Å². The van der Waals surface area contributed by atoms with E-state index in [9.17, 15) is 14.4 Å². The fraction of sp³-hybridized carbons (Fsp3) is 0.250. The van der Waals surface area contributed by atoms with Crippen LogP contribution in [0.5, 0.6) is 5.75 Å². The first kappa shape index (κ1) is 19.0. The van der Waals surface area contributed by atoms with Gasteiger partial charge in [0.15, 0.2) is 0 Å². The van der Waals surface area contributed by atoms with Crippen LogP contribution in [-0.2, 0) is 17.8 Å². The van der Waals surface area contributed by atoms with Gasteiger partial charge in [0.2, 0.25) is 5.91 Å². The van der Waals surface area contributed by atoms with Crippen molar-refractivity contribution < 1.29 is 19.1 Å². The van der Waals surface area contributed by atoms with E-state index in [1.54, 1.807) is 18.2 Å². The van der Waals surface area contributed by atoms with Gasteiger partial charge >= 0.3 is 0 Å². The molecule has 0 bridgehead atoms. The van der Waals surface area contributed by atoms with Crippen molar-refractivity contribution >= 4 is 28.8 Å². The summed E-state index contributed by atoms with van der Waals surface area (Å²) in [5.41, 5.74) is 3.35. The number of aryl methyl sites for hydroxylation is 1. The van der Waals surface area contributed by atoms with Crippen LogP contribution in [0.15, 0.2) is 42.5 Å². The summed E-state index contributed by atoms with van der Waals surface area (Å²) in [6.07, 6.45) is 0.366. The molecule has 0 spiro atoms. The van der Waals surface area contributed by atoms with E-state index in [0.717, 1.165) is 28.5 Å². The number of imide groups is 1. The summed E-state index contributed by atoms with van der Waals surface area (Å²) in [7, 11) is 1.50. The Morgan fingerprint density at radius 3 is 2.48 bits per heavy atom. The predicted octanol–water partition coefficient (Wildman–Crippen LogP) is 2.83. The lowest BCUT2D eigenvalue weighted by Crippen LogP contribution is -2.26. The first-order valence-electron chi connectivity index (χ1n) is 8.48. The second kappa shape index (κ2) is 8.26. The molecular formula is C20H20N2O4S. The van der Waals surface area contributed by atoms with E-state index in [1.807, 2.05) is 31.2 Å². The quantitative estimate of drug-likeness (QED) is 0.800. The molecule has 27 heavy (non-hydrogen) atoms. The fourth-order valence-electron chi connectivity index (χ4n) is 2.78. The van der Waals surface area contributed by atoms with Crippen LogP contribution in [0.25, 0.3) is 0 Å². The number of nitrogens with one attached hydrogen (secondary N) is 2. The molecule has 0 aromatic heterocycles. The number of carbonyl (C=O) groups excluding carboxylic acids is 3. The van der Waals surface area contributed by atoms with Crippen molar-refractivity contribution in [2.45, 2.75) is 25.1 Å². The molecule has 7 heteroatoms. The van der Waals surface area contributed by atoms with Crippen molar-refractivity contribution in [3.8, 4) is 5.75 Å². The molecule has 2 N–H and O–H groups in total. The zero-order valence-electron chi connectivity index (χ0n) is 15.1. The highest BCUT2D eigenvalue weighted by molar-refractivity contribution is 8.15. The minimum absolute atomic E-state index is 0.256. The van der Waals surface area contributed by atoms with Crippen LogP contribution in [0, 0.1) is 6.92 Å². The zero-order valence-corrected chi connectivity index (χ0v) is 15.9. The summed E-state index contributed by atoms with van der Waals surface area (Å²) in [5, 5.41) is 4.34. The Labute approximate surface area is 161 Å². The number of carbonyl (C=O) groups is 3. The highest BCUT2D eigenvalue weighted by Crippen LogP contribution is 2.26. The molecule has 1 fully saturated rings. The number of thioether (sulfide) groups is 1. The lowest BCUT2D eigenvalue weighted by molar-refractivity contribution is -0.118. The fourth-order valence-corrected chi connectivity index (χ4v) is 3.64. The first-order chi connectivity index (χ1) is 13.0. The van der Waals surface area contributed by atoms with Gasteiger partial charge < -0.3 is 10.1 Å². The summed E-state index contributed by atoms with van der Waals surface area (Å²) >= 11 is 0.970. The summed E-state index contributed by atoms with van der Waals surface area (Å²) in [5.74, 6) is -0.0974. The molecule has 6 nitrogen and oxygen atoms in total. The topological polar surface area (TPSA) is 84.5 Å². The number of ether oxygens (including phenoxy) is 1. The van der Waals surface area contributed by atoms with E-state index in [4.69, 9.17) is 4.74 Å². The Morgan fingerprint density at radius 2 is 1.85 bits per heavy atom. The number of hydrogen-bond acceptors (Lipinski definition) is 5. The van der Waals surface area contributed by atoms with Crippen molar-refractivity contribution in [3.05, 3.63) is 64.7 Å². The average Bonchev–Trinajstić information content (AvgIpc) is 2.98. The molecule has 1 saturated heterocycles. The predicted molar refractivity (Wildman–Crippen MR) is 104 cm³/mol. The third kappa shape index (κ3) is 4.68. The molecule has 1 atom stereocenters. The van der Waals surface area contributed by atoms with E-state index in [0.29, 0.717) is 24.3 Å². The van der Waals surface area contributed by atoms with Crippen molar-refractivity contribution in [3.63, 3.8) is 0 Å². The Kier molecular flexibility index (Phi) is 5.81. The van der Waals surface area contributed by atoms with E-state index >= 15 is 0 Å². The number of methoxy groups -OCH3 is 1. The molecule has 1 aliphatic rings. The normalized spacial score (nSPS) is 16.1. The van der Waals surface area contributed by atoms with Crippen LogP contribution in [0.2, 0.25) is 0 Å². The van der Waals surface area contributed by atoms with Crippen LogP contribution in [0.4, 0.5) is 4.79 Å². The number of benzene rings is 2. The monoisotopic (exact) mass is 384 g/mol. The maximum absolute atomic E-state index is 12.6. The number of hydrogen-bond donors (Lipinski definition) is 2. The molecule has 1 aliphatic heterocycles. The highest BCUT2D eigenvalue weighted by atomic mass is 32.2. The molecular weight excluding hydrogens is 364 g/mol. The van der Waals surface area contributed by atoms with Crippen LogP contribution < -0.4 is 15.4 Å². The third-order valence-electron chi connectivity index (χ3n) is 4.27. The second-order valence-electron chi connectivity index (χ2n) is 6.29. The molecule has 2 aromatic rings. The SMILES string of the molecule is COc1ccc(CC2SC(=O)NC2=O)cc1C(=O)NCc1ccc(C)cc1. The summed E-state index contributed by atoms with van der Waals surface area (Å²) in [4.78, 5) is 35.7. The number of amides is 3. The summed E-state index contributed by atoms with van der Waals surface area (Å²) in [6, 6.07) is 13.1. The van der Waals surface area contributed by atoms with Gasteiger partial charge in [0.1, 0.15) is 5.75 Å². The summed E-state index contributed by atoms with van der Waals surface area (Å²) in [6.45, 7) is 2.41. The van der Waals surface area contributed by atoms with Crippen molar-refractivity contribution in [1.29, 1.82) is 0 Å². The smallest absolute Gasteiger partial charge is 0.286 e. The van der Waals surface area contributed by atoms with Gasteiger partial charge in [-0.05, 0) is 36.6 Å². The van der Waals surface area contributed by atoms with Crippen molar-refractivity contribution in [2.75, 3.05) is 7.11 Å². The standard InChI is InChI=1S/C20H20N2O4S/c1-12-3-5-13(6-4-12)11-21-18(23)15-9-14(7-8-16(15)26-2)10-17-19(24)22-20(25)27-17/h3-9,17H,10-11H2,1-2H3,(H,21,23)(H,22,24,25). The van der Waals surface area contributed by atoms with E-state index < -0.39 is 5.25 Å². The van der Waals surface area contributed by atoms with Gasteiger partial charge in [-0.25, -0.2) is 0 Å². The Bertz CT molecular complexity index is 880. The summed E-state index contributed by atoms with van der Waals surface area (Å²) < 4.78 is 5.30. The van der Waals surface area contributed by atoms with Crippen molar-refractivity contribution in [1.82, 2.24) is 10.6 Å². The molecule has 3 amide bonds. The zero-order chi connectivity index (χ0) is 19.4. The molecule has 3 rings (SSSR count). The van der Waals surface area contributed by atoms with Gasteiger partial charge in [0.05, 0.1) is 17.9 Å². The lowest BCUT2D eigenvalue weighted by atomic mass is 10.0. The molecule has 1 unspecified atom stereocenters. The molecule has 0 saturated carbocycles. The average molecular weight is 384 g/mol. The van der Waals surface area contributed by atoms with Gasteiger partial charge in [-0.3, -0.25) is 19.7 Å². The van der Waals surface area contributed by atoms with Gasteiger partial charge in [-0.2, -0.15) is 0 Å². The molecule has 140 valence electrons. The van der Waals surface area contributed by atoms with Gasteiger partial charge in [0.25, 0.3) is 11.1 Å². The van der Waals surface area contributed by atoms with Crippen LogP contribution in [0.1, 0.15) is 27.0 Å². The van der Waals surface area contributed by atoms with Gasteiger partial charge in [-0.15, -0.1) is 0 Å². The maximum Gasteiger partial charge on any atom is 0.286 e. The lowest BCUT2D eigenvalue weighted by Gasteiger charge is -2.12. The molecule has 0 aliphatic carbocycles. The molecule has 0 radical (unpaired) electrons.